The van der Waals surface area contributed by atoms with Crippen molar-refractivity contribution >= 4 is 12.6 Å². The van der Waals surface area contributed by atoms with Crippen molar-refractivity contribution in [2.45, 2.75) is 0 Å². The van der Waals surface area contributed by atoms with Crippen LogP contribution in [0.3, 0.4) is 0 Å². The molecule has 0 fully saturated rings. The van der Waals surface area contributed by atoms with E-state index in [9.17, 15) is 8.78 Å². The van der Waals surface area contributed by atoms with Gasteiger partial charge in [0.05, 0.1) is 12.6 Å². The second kappa shape index (κ2) is 5.38. The Bertz CT molecular complexity index is 585. The van der Waals surface area contributed by atoms with E-state index >= 15 is 0 Å². The van der Waals surface area contributed by atoms with E-state index in [-0.39, 0.29) is 5.56 Å². The summed E-state index contributed by atoms with van der Waals surface area (Å²) in [7, 11) is -0.688. The molecule has 0 amide bonds. The van der Waals surface area contributed by atoms with Gasteiger partial charge in [-0.2, -0.15) is 0 Å². The number of hydrogen-bond acceptors (Lipinski definition) is 3. The van der Waals surface area contributed by atoms with Crippen LogP contribution < -0.4 is 10.2 Å². The Morgan fingerprint density at radius 1 is 1.00 bits per heavy atom. The maximum absolute atomic E-state index is 14.1. The average Bonchev–Trinajstić information content (AvgIpc) is 2.39. The second-order valence-electron chi connectivity index (χ2n) is 3.92. The summed E-state index contributed by atoms with van der Waals surface area (Å²) in [5.74, 6) is -1.38. The lowest BCUT2D eigenvalue weighted by Crippen LogP contribution is -2.36. The van der Waals surface area contributed by atoms with Gasteiger partial charge in [-0.1, -0.05) is 12.1 Å². The first-order chi connectivity index (χ1) is 9.04. The third-order valence-electron chi connectivity index (χ3n) is 2.79. The van der Waals surface area contributed by atoms with Crippen molar-refractivity contribution in [3.05, 3.63) is 48.0 Å². The minimum atomic E-state index is -2.20. The van der Waals surface area contributed by atoms with Gasteiger partial charge in [-0.15, -0.1) is 0 Å². The van der Waals surface area contributed by atoms with Crippen LogP contribution in [0.1, 0.15) is 0 Å². The fourth-order valence-electron chi connectivity index (χ4n) is 1.80. The molecule has 0 radical (unpaired) electrons. The molecule has 2 aromatic rings. The zero-order valence-corrected chi connectivity index (χ0v) is 10.1. The van der Waals surface area contributed by atoms with Gasteiger partial charge in [0, 0.05) is 5.56 Å². The molecule has 2 aromatic carbocycles. The van der Waals surface area contributed by atoms with Crippen molar-refractivity contribution < 1.29 is 23.6 Å². The van der Waals surface area contributed by atoms with Gasteiger partial charge in [-0.3, -0.25) is 0 Å². The highest BCUT2D eigenvalue weighted by Crippen LogP contribution is 2.24. The molecule has 0 bridgehead atoms. The molecule has 0 aromatic heterocycles. The van der Waals surface area contributed by atoms with Gasteiger partial charge in [0.15, 0.2) is 0 Å². The number of halogens is 2. The van der Waals surface area contributed by atoms with Gasteiger partial charge in [0.1, 0.15) is 17.4 Å². The van der Waals surface area contributed by atoms with Gasteiger partial charge in [-0.05, 0) is 29.8 Å². The molecular weight excluding hydrogens is 253 g/mol. The topological polar surface area (TPSA) is 49.7 Å². The summed E-state index contributed by atoms with van der Waals surface area (Å²) in [5, 5.41) is 18.0. The molecule has 0 unspecified atom stereocenters. The molecule has 6 heteroatoms. The zero-order valence-electron chi connectivity index (χ0n) is 10.1. The molecule has 98 valence electrons. The molecule has 0 saturated heterocycles. The number of hydrogen-bond donors (Lipinski definition) is 2. The summed E-state index contributed by atoms with van der Waals surface area (Å²) in [6.45, 7) is 0. The van der Waals surface area contributed by atoms with Gasteiger partial charge in [0.2, 0.25) is 0 Å². The Hall–Kier alpha value is -1.92. The standard InChI is InChI=1S/C13H11BF2O3/c1-19-9-4-2-8(3-5-9)10-6-7-11(15)12(13(10)16)14(17)18/h2-7,17-18H,1H3. The maximum Gasteiger partial charge on any atom is 0.494 e. The normalized spacial score (nSPS) is 10.4. The Morgan fingerprint density at radius 3 is 2.16 bits per heavy atom. The first kappa shape index (κ1) is 13.5. The molecule has 0 atom stereocenters. The smallest absolute Gasteiger partial charge is 0.494 e. The molecule has 2 N–H and O–H groups in total. The van der Waals surface area contributed by atoms with Gasteiger partial charge >= 0.3 is 7.12 Å². The number of benzene rings is 2. The van der Waals surface area contributed by atoms with Crippen LogP contribution in [0.25, 0.3) is 11.1 Å². The summed E-state index contributed by atoms with van der Waals surface area (Å²) in [4.78, 5) is 0. The van der Waals surface area contributed by atoms with Crippen molar-refractivity contribution in [2.24, 2.45) is 0 Å². The van der Waals surface area contributed by atoms with Crippen LogP contribution in [-0.4, -0.2) is 24.3 Å². The Labute approximate surface area is 109 Å². The van der Waals surface area contributed by atoms with E-state index in [2.05, 4.69) is 0 Å². The third-order valence-corrected chi connectivity index (χ3v) is 2.79. The monoisotopic (exact) mass is 264 g/mol. The predicted octanol–water partition coefficient (Wildman–Crippen LogP) is 1.32. The molecule has 0 aliphatic heterocycles. The summed E-state index contributed by atoms with van der Waals surface area (Å²) in [6.07, 6.45) is 0. The van der Waals surface area contributed by atoms with Crippen LogP contribution in [0.15, 0.2) is 36.4 Å². The summed E-state index contributed by atoms with van der Waals surface area (Å²) in [5.41, 5.74) is -0.180. The van der Waals surface area contributed by atoms with Crippen molar-refractivity contribution in [1.29, 1.82) is 0 Å². The van der Waals surface area contributed by atoms with E-state index in [1.165, 1.54) is 13.2 Å². The van der Waals surface area contributed by atoms with Crippen LogP contribution >= 0.6 is 0 Å². The largest absolute Gasteiger partial charge is 0.497 e. The molecule has 0 aliphatic carbocycles. The average molecular weight is 264 g/mol. The molecular formula is C13H11BF2O3. The highest BCUT2D eigenvalue weighted by molar-refractivity contribution is 6.59. The third kappa shape index (κ3) is 2.59. The molecule has 0 spiro atoms. The van der Waals surface area contributed by atoms with Gasteiger partial charge in [0.25, 0.3) is 0 Å². The lowest BCUT2D eigenvalue weighted by atomic mass is 9.78. The molecule has 19 heavy (non-hydrogen) atoms. The molecule has 0 saturated carbocycles. The Balaban J connectivity index is 2.53. The van der Waals surface area contributed by atoms with Crippen LogP contribution in [0.4, 0.5) is 8.78 Å². The number of ether oxygens (including phenoxy) is 1. The van der Waals surface area contributed by atoms with E-state index in [4.69, 9.17) is 14.8 Å². The highest BCUT2D eigenvalue weighted by atomic mass is 19.1. The fourth-order valence-corrected chi connectivity index (χ4v) is 1.80. The minimum absolute atomic E-state index is 0.0900. The quantitative estimate of drug-likeness (QED) is 0.822. The highest BCUT2D eigenvalue weighted by Gasteiger charge is 2.24. The van der Waals surface area contributed by atoms with Crippen molar-refractivity contribution in [3.8, 4) is 16.9 Å². The van der Waals surface area contributed by atoms with Gasteiger partial charge in [-0.25, -0.2) is 8.78 Å². The van der Waals surface area contributed by atoms with Crippen molar-refractivity contribution in [2.75, 3.05) is 7.11 Å². The summed E-state index contributed by atoms with van der Waals surface area (Å²) < 4.78 is 32.4. The van der Waals surface area contributed by atoms with E-state index in [1.807, 2.05) is 0 Å². The first-order valence-electron chi connectivity index (χ1n) is 5.53. The van der Waals surface area contributed by atoms with Crippen LogP contribution in [0.2, 0.25) is 0 Å². The summed E-state index contributed by atoms with van der Waals surface area (Å²) >= 11 is 0. The molecule has 3 nitrogen and oxygen atoms in total. The van der Waals surface area contributed by atoms with Crippen molar-refractivity contribution in [3.63, 3.8) is 0 Å². The number of rotatable bonds is 3. The predicted molar refractivity (Wildman–Crippen MR) is 68.2 cm³/mol. The second-order valence-corrected chi connectivity index (χ2v) is 3.92. The Kier molecular flexibility index (Phi) is 3.83. The molecule has 0 heterocycles. The van der Waals surface area contributed by atoms with Crippen LogP contribution in [0, 0.1) is 11.6 Å². The van der Waals surface area contributed by atoms with E-state index in [0.717, 1.165) is 6.07 Å². The first-order valence-corrected chi connectivity index (χ1v) is 5.53. The van der Waals surface area contributed by atoms with E-state index in [1.54, 1.807) is 24.3 Å². The molecule has 2 rings (SSSR count). The minimum Gasteiger partial charge on any atom is -0.497 e. The lowest BCUT2D eigenvalue weighted by Gasteiger charge is -2.09. The maximum atomic E-state index is 14.1. The van der Waals surface area contributed by atoms with Crippen LogP contribution in [-0.2, 0) is 0 Å². The Morgan fingerprint density at radius 2 is 1.63 bits per heavy atom. The fraction of sp³-hybridized carbons (Fsp3) is 0.0769. The van der Waals surface area contributed by atoms with E-state index in [0.29, 0.717) is 11.3 Å². The number of methoxy groups -OCH3 is 1. The molecule has 0 aliphatic rings. The van der Waals surface area contributed by atoms with Crippen molar-refractivity contribution in [1.82, 2.24) is 0 Å². The van der Waals surface area contributed by atoms with E-state index < -0.39 is 24.2 Å². The van der Waals surface area contributed by atoms with Gasteiger partial charge < -0.3 is 14.8 Å². The zero-order chi connectivity index (χ0) is 14.0. The lowest BCUT2D eigenvalue weighted by molar-refractivity contribution is 0.414. The van der Waals surface area contributed by atoms with Crippen LogP contribution in [0.5, 0.6) is 5.75 Å². The summed E-state index contributed by atoms with van der Waals surface area (Å²) in [6, 6.07) is 8.71. The SMILES string of the molecule is COc1ccc(-c2ccc(F)c(B(O)O)c2F)cc1.